The summed E-state index contributed by atoms with van der Waals surface area (Å²) in [6, 6.07) is 7.58. The first-order valence-electron chi connectivity index (χ1n) is 11.1. The summed E-state index contributed by atoms with van der Waals surface area (Å²) < 4.78 is 22.4. The second-order valence-corrected chi connectivity index (χ2v) is 9.14. The zero-order valence-corrected chi connectivity index (χ0v) is 20.2. The lowest BCUT2D eigenvalue weighted by Gasteiger charge is -2.30. The number of amides is 1. The standard InChI is InChI=1S/C24H37N3O5/c1-18-26-27-22(32-18)19-9-11-20(12-10-19)30-16-14-24(4,5)31-17-13-23(2,3)25-21(28)8-7-15-29-6/h9-12H,7-8,13-17H2,1-6H3,(H,25,28). The van der Waals surface area contributed by atoms with Crippen molar-refractivity contribution < 1.29 is 23.4 Å². The highest BCUT2D eigenvalue weighted by molar-refractivity contribution is 5.76. The molecule has 1 heterocycles. The molecule has 32 heavy (non-hydrogen) atoms. The Morgan fingerprint density at radius 3 is 2.38 bits per heavy atom. The Kier molecular flexibility index (Phi) is 9.65. The van der Waals surface area contributed by atoms with E-state index in [0.29, 0.717) is 38.0 Å². The zero-order chi connectivity index (χ0) is 23.6. The van der Waals surface area contributed by atoms with E-state index in [2.05, 4.69) is 15.5 Å². The van der Waals surface area contributed by atoms with Crippen molar-refractivity contribution in [2.24, 2.45) is 0 Å². The number of nitrogens with zero attached hydrogens (tertiary/aromatic N) is 2. The summed E-state index contributed by atoms with van der Waals surface area (Å²) in [6.45, 7) is 11.6. The predicted molar refractivity (Wildman–Crippen MR) is 123 cm³/mol. The van der Waals surface area contributed by atoms with Crippen LogP contribution in [0.3, 0.4) is 0 Å². The number of aryl methyl sites for hydroxylation is 1. The van der Waals surface area contributed by atoms with Gasteiger partial charge >= 0.3 is 0 Å². The van der Waals surface area contributed by atoms with E-state index < -0.39 is 0 Å². The van der Waals surface area contributed by atoms with Gasteiger partial charge in [0, 0.05) is 51.2 Å². The van der Waals surface area contributed by atoms with Crippen LogP contribution in [0.15, 0.2) is 28.7 Å². The minimum absolute atomic E-state index is 0.0416. The van der Waals surface area contributed by atoms with E-state index in [-0.39, 0.29) is 17.0 Å². The summed E-state index contributed by atoms with van der Waals surface area (Å²) in [5, 5.41) is 10.9. The molecule has 0 radical (unpaired) electrons. The van der Waals surface area contributed by atoms with Gasteiger partial charge in [-0.15, -0.1) is 10.2 Å². The van der Waals surface area contributed by atoms with Gasteiger partial charge in [-0.2, -0.15) is 0 Å². The van der Waals surface area contributed by atoms with Crippen LogP contribution in [0.1, 0.15) is 59.3 Å². The number of nitrogens with one attached hydrogen (secondary N) is 1. The van der Waals surface area contributed by atoms with E-state index in [1.54, 1.807) is 14.0 Å². The van der Waals surface area contributed by atoms with Gasteiger partial charge in [-0.3, -0.25) is 4.79 Å². The molecule has 1 N–H and O–H groups in total. The number of ether oxygens (including phenoxy) is 3. The number of methoxy groups -OCH3 is 1. The quantitative estimate of drug-likeness (QED) is 0.431. The summed E-state index contributed by atoms with van der Waals surface area (Å²) >= 11 is 0. The summed E-state index contributed by atoms with van der Waals surface area (Å²) in [4.78, 5) is 12.0. The van der Waals surface area contributed by atoms with Gasteiger partial charge in [0.1, 0.15) is 5.75 Å². The summed E-state index contributed by atoms with van der Waals surface area (Å²) in [5.41, 5.74) is 0.199. The van der Waals surface area contributed by atoms with E-state index in [9.17, 15) is 4.79 Å². The molecule has 2 aromatic rings. The Hall–Kier alpha value is -2.45. The van der Waals surface area contributed by atoms with Crippen LogP contribution in [0.25, 0.3) is 11.5 Å². The third-order valence-corrected chi connectivity index (χ3v) is 5.05. The molecule has 0 bridgehead atoms. The molecule has 0 atom stereocenters. The van der Waals surface area contributed by atoms with Gasteiger partial charge < -0.3 is 23.9 Å². The summed E-state index contributed by atoms with van der Waals surface area (Å²) in [5.74, 6) is 1.85. The molecule has 0 aliphatic rings. The number of hydrogen-bond acceptors (Lipinski definition) is 7. The molecule has 8 heteroatoms. The molecule has 0 aliphatic carbocycles. The monoisotopic (exact) mass is 447 g/mol. The molecule has 0 saturated heterocycles. The van der Waals surface area contributed by atoms with Gasteiger partial charge in [-0.05, 0) is 64.8 Å². The normalized spacial score (nSPS) is 12.1. The average molecular weight is 448 g/mol. The van der Waals surface area contributed by atoms with Crippen molar-refractivity contribution in [3.63, 3.8) is 0 Å². The van der Waals surface area contributed by atoms with Crippen LogP contribution in [0.5, 0.6) is 5.75 Å². The molecule has 2 rings (SSSR count). The van der Waals surface area contributed by atoms with Gasteiger partial charge in [0.2, 0.25) is 17.7 Å². The molecule has 1 aromatic carbocycles. The molecular weight excluding hydrogens is 410 g/mol. The number of rotatable bonds is 14. The van der Waals surface area contributed by atoms with E-state index in [1.807, 2.05) is 52.0 Å². The molecule has 0 spiro atoms. The molecule has 178 valence electrons. The maximum Gasteiger partial charge on any atom is 0.247 e. The molecule has 1 amide bonds. The maximum absolute atomic E-state index is 12.0. The Morgan fingerprint density at radius 2 is 1.75 bits per heavy atom. The van der Waals surface area contributed by atoms with Gasteiger partial charge in [0.25, 0.3) is 0 Å². The van der Waals surface area contributed by atoms with Gasteiger partial charge in [-0.1, -0.05) is 0 Å². The van der Waals surface area contributed by atoms with Crippen molar-refractivity contribution in [2.45, 2.75) is 71.4 Å². The highest BCUT2D eigenvalue weighted by Gasteiger charge is 2.23. The van der Waals surface area contributed by atoms with Crippen molar-refractivity contribution >= 4 is 5.91 Å². The third kappa shape index (κ3) is 9.36. The van der Waals surface area contributed by atoms with Crippen molar-refractivity contribution in [2.75, 3.05) is 26.9 Å². The Morgan fingerprint density at radius 1 is 1.03 bits per heavy atom. The van der Waals surface area contributed by atoms with Crippen LogP contribution in [0.2, 0.25) is 0 Å². The van der Waals surface area contributed by atoms with Gasteiger partial charge in [-0.25, -0.2) is 0 Å². The number of benzene rings is 1. The van der Waals surface area contributed by atoms with Gasteiger partial charge in [0.05, 0.1) is 12.2 Å². The highest BCUT2D eigenvalue weighted by atomic mass is 16.5. The molecule has 0 fully saturated rings. The highest BCUT2D eigenvalue weighted by Crippen LogP contribution is 2.22. The fourth-order valence-corrected chi connectivity index (χ4v) is 3.06. The Labute approximate surface area is 191 Å². The van der Waals surface area contributed by atoms with Crippen LogP contribution >= 0.6 is 0 Å². The van der Waals surface area contributed by atoms with E-state index in [1.165, 1.54) is 0 Å². The fourth-order valence-electron chi connectivity index (χ4n) is 3.06. The summed E-state index contributed by atoms with van der Waals surface area (Å²) in [6.07, 6.45) is 2.66. The lowest BCUT2D eigenvalue weighted by molar-refractivity contribution is -0.123. The molecule has 8 nitrogen and oxygen atoms in total. The molecule has 1 aromatic heterocycles. The lowest BCUT2D eigenvalue weighted by atomic mass is 10.00. The van der Waals surface area contributed by atoms with Crippen LogP contribution < -0.4 is 10.1 Å². The van der Waals surface area contributed by atoms with E-state index in [4.69, 9.17) is 18.6 Å². The minimum atomic E-state index is -0.334. The van der Waals surface area contributed by atoms with Crippen LogP contribution in [-0.4, -0.2) is 54.2 Å². The average Bonchev–Trinajstić information content (AvgIpc) is 3.14. The van der Waals surface area contributed by atoms with E-state index >= 15 is 0 Å². The van der Waals surface area contributed by atoms with Gasteiger partial charge in [0.15, 0.2) is 0 Å². The maximum atomic E-state index is 12.0. The SMILES string of the molecule is COCCCC(=O)NC(C)(C)CCOC(C)(C)CCOc1ccc(-c2nnc(C)o2)cc1. The Bertz CT molecular complexity index is 830. The summed E-state index contributed by atoms with van der Waals surface area (Å²) in [7, 11) is 1.64. The van der Waals surface area contributed by atoms with Crippen molar-refractivity contribution in [3.05, 3.63) is 30.2 Å². The van der Waals surface area contributed by atoms with Crippen molar-refractivity contribution in [1.29, 1.82) is 0 Å². The number of carbonyl (C=O) groups is 1. The molecule has 0 saturated carbocycles. The number of hydrogen-bond donors (Lipinski definition) is 1. The topological polar surface area (TPSA) is 95.7 Å². The smallest absolute Gasteiger partial charge is 0.247 e. The Balaban J connectivity index is 1.69. The third-order valence-electron chi connectivity index (χ3n) is 5.05. The minimum Gasteiger partial charge on any atom is -0.493 e. The predicted octanol–water partition coefficient (Wildman–Crippen LogP) is 4.32. The van der Waals surface area contributed by atoms with Crippen molar-refractivity contribution in [1.82, 2.24) is 15.5 Å². The number of carbonyl (C=O) groups excluding carboxylic acids is 1. The first-order chi connectivity index (χ1) is 15.1. The van der Waals surface area contributed by atoms with E-state index in [0.717, 1.165) is 30.6 Å². The first-order valence-corrected chi connectivity index (χ1v) is 11.1. The number of aromatic nitrogens is 2. The molecule has 0 unspecified atom stereocenters. The second kappa shape index (κ2) is 12.0. The van der Waals surface area contributed by atoms with Crippen molar-refractivity contribution in [3.8, 4) is 17.2 Å². The van der Waals surface area contributed by atoms with Crippen LogP contribution in [0, 0.1) is 6.92 Å². The zero-order valence-electron chi connectivity index (χ0n) is 20.2. The second-order valence-electron chi connectivity index (χ2n) is 9.14. The van der Waals surface area contributed by atoms with Crippen LogP contribution in [-0.2, 0) is 14.3 Å². The first kappa shape index (κ1) is 25.8. The fraction of sp³-hybridized carbons (Fsp3) is 0.625. The largest absolute Gasteiger partial charge is 0.493 e. The van der Waals surface area contributed by atoms with Crippen LogP contribution in [0.4, 0.5) is 0 Å². The molecular formula is C24H37N3O5. The molecule has 0 aliphatic heterocycles. The lowest BCUT2D eigenvalue weighted by Crippen LogP contribution is -2.44.